The molecule has 1 heterocycles. The lowest BCUT2D eigenvalue weighted by Gasteiger charge is -2.30. The van der Waals surface area contributed by atoms with Crippen LogP contribution in [0.3, 0.4) is 0 Å². The average molecular weight is 187 g/mol. The van der Waals surface area contributed by atoms with Crippen molar-refractivity contribution < 1.29 is 14.7 Å². The third kappa shape index (κ3) is 2.40. The van der Waals surface area contributed by atoms with E-state index in [4.69, 9.17) is 11.5 Å². The number of carbonyl (C=O) groups excluding carboxylic acids is 2. The Hall–Kier alpha value is -1.14. The minimum absolute atomic E-state index is 0.235. The zero-order valence-electron chi connectivity index (χ0n) is 7.06. The van der Waals surface area contributed by atoms with Crippen molar-refractivity contribution in [3.63, 3.8) is 0 Å². The molecule has 6 heteroatoms. The first-order valence-corrected chi connectivity index (χ1v) is 4.03. The van der Waals surface area contributed by atoms with Gasteiger partial charge < -0.3 is 16.6 Å². The highest BCUT2D eigenvalue weighted by molar-refractivity contribution is 5.84. The third-order valence-corrected chi connectivity index (χ3v) is 2.10. The molecule has 6 N–H and O–H groups in total. The van der Waals surface area contributed by atoms with Crippen molar-refractivity contribution in [3.8, 4) is 0 Å². The fourth-order valence-corrected chi connectivity index (χ4v) is 1.42. The van der Waals surface area contributed by atoms with Crippen LogP contribution in [-0.4, -0.2) is 35.1 Å². The van der Waals surface area contributed by atoms with Gasteiger partial charge in [0.15, 0.2) is 0 Å². The average Bonchev–Trinajstić information content (AvgIpc) is 2.03. The van der Waals surface area contributed by atoms with E-state index in [0.29, 0.717) is 0 Å². The minimum atomic E-state index is -0.698. The largest absolute Gasteiger partial charge is 0.393 e. The van der Waals surface area contributed by atoms with Crippen molar-refractivity contribution >= 4 is 11.8 Å². The Morgan fingerprint density at radius 3 is 1.85 bits per heavy atom. The first kappa shape index (κ1) is 9.94. The summed E-state index contributed by atoms with van der Waals surface area (Å²) in [6, 6.07) is -1.33. The summed E-state index contributed by atoms with van der Waals surface area (Å²) in [4.78, 5) is 21.5. The Bertz CT molecular complexity index is 209. The van der Waals surface area contributed by atoms with Crippen molar-refractivity contribution in [1.29, 1.82) is 0 Å². The number of primary amides is 2. The van der Waals surface area contributed by atoms with E-state index in [9.17, 15) is 14.7 Å². The van der Waals surface area contributed by atoms with Gasteiger partial charge in [-0.25, -0.2) is 0 Å². The molecule has 0 aliphatic carbocycles. The Balaban J connectivity index is 2.62. The van der Waals surface area contributed by atoms with Crippen molar-refractivity contribution in [2.24, 2.45) is 11.5 Å². The molecular formula is C7H13N3O3. The van der Waals surface area contributed by atoms with Gasteiger partial charge in [-0.05, 0) is 12.8 Å². The molecule has 6 nitrogen and oxygen atoms in total. The molecule has 0 aromatic carbocycles. The van der Waals surface area contributed by atoms with Crippen LogP contribution >= 0.6 is 0 Å². The van der Waals surface area contributed by atoms with Gasteiger partial charge in [-0.3, -0.25) is 14.9 Å². The maximum Gasteiger partial charge on any atom is 0.234 e. The fraction of sp³-hybridized carbons (Fsp3) is 0.714. The standard InChI is InChI=1S/C7H13N3O3/c8-6(12)4-1-3(11)2-5(10-4)7(9)13/h3-5,10-11H,1-2H2,(H2,8,12)(H2,9,13). The van der Waals surface area contributed by atoms with Gasteiger partial charge in [0.05, 0.1) is 18.2 Å². The molecule has 1 fully saturated rings. The van der Waals surface area contributed by atoms with Gasteiger partial charge in [0.1, 0.15) is 0 Å². The van der Waals surface area contributed by atoms with E-state index in [1.165, 1.54) is 0 Å². The number of aliphatic hydroxyl groups excluding tert-OH is 1. The summed E-state index contributed by atoms with van der Waals surface area (Å²) < 4.78 is 0. The molecule has 2 amide bonds. The van der Waals surface area contributed by atoms with Gasteiger partial charge in [-0.2, -0.15) is 0 Å². The van der Waals surface area contributed by atoms with E-state index >= 15 is 0 Å². The Kier molecular flexibility index (Phi) is 2.84. The quantitative estimate of drug-likeness (QED) is 0.380. The SMILES string of the molecule is NC(=O)C1CC(O)CC(C(N)=O)N1. The summed E-state index contributed by atoms with van der Waals surface area (Å²) in [5, 5.41) is 12.0. The molecule has 13 heavy (non-hydrogen) atoms. The second kappa shape index (κ2) is 3.71. The smallest absolute Gasteiger partial charge is 0.234 e. The van der Waals surface area contributed by atoms with Crippen molar-refractivity contribution in [1.82, 2.24) is 5.32 Å². The normalized spacial score (nSPS) is 34.1. The number of nitrogens with one attached hydrogen (secondary N) is 1. The van der Waals surface area contributed by atoms with Crippen LogP contribution in [0.4, 0.5) is 0 Å². The number of piperidine rings is 1. The topological polar surface area (TPSA) is 118 Å². The van der Waals surface area contributed by atoms with Crippen molar-refractivity contribution in [3.05, 3.63) is 0 Å². The van der Waals surface area contributed by atoms with Crippen molar-refractivity contribution in [2.45, 2.75) is 31.0 Å². The number of hydrogen-bond acceptors (Lipinski definition) is 4. The van der Waals surface area contributed by atoms with Crippen LogP contribution in [-0.2, 0) is 9.59 Å². The lowest BCUT2D eigenvalue weighted by molar-refractivity contribution is -0.125. The molecule has 2 atom stereocenters. The van der Waals surface area contributed by atoms with E-state index in [-0.39, 0.29) is 12.8 Å². The molecule has 74 valence electrons. The van der Waals surface area contributed by atoms with Crippen LogP contribution in [0, 0.1) is 0 Å². The van der Waals surface area contributed by atoms with Gasteiger partial charge >= 0.3 is 0 Å². The summed E-state index contributed by atoms with van der Waals surface area (Å²) in [6.45, 7) is 0. The van der Waals surface area contributed by atoms with E-state index in [1.807, 2.05) is 0 Å². The predicted octanol–water partition coefficient (Wildman–Crippen LogP) is -2.56. The summed E-state index contributed by atoms with van der Waals surface area (Å²) in [6.07, 6.45) is -0.227. The lowest BCUT2D eigenvalue weighted by atomic mass is 9.95. The molecule has 1 aliphatic rings. The van der Waals surface area contributed by atoms with E-state index in [1.54, 1.807) is 0 Å². The zero-order chi connectivity index (χ0) is 10.0. The van der Waals surface area contributed by atoms with Crippen LogP contribution in [0.5, 0.6) is 0 Å². The molecule has 0 spiro atoms. The van der Waals surface area contributed by atoms with Crippen LogP contribution in [0.1, 0.15) is 12.8 Å². The molecule has 0 aromatic heterocycles. The van der Waals surface area contributed by atoms with Crippen LogP contribution in [0.25, 0.3) is 0 Å². The number of hydrogen-bond donors (Lipinski definition) is 4. The van der Waals surface area contributed by atoms with Crippen LogP contribution in [0.15, 0.2) is 0 Å². The van der Waals surface area contributed by atoms with Gasteiger partial charge in [0.25, 0.3) is 0 Å². The first-order valence-electron chi connectivity index (χ1n) is 4.03. The summed E-state index contributed by atoms with van der Waals surface area (Å²) in [7, 11) is 0. The Morgan fingerprint density at radius 1 is 1.15 bits per heavy atom. The summed E-state index contributed by atoms with van der Waals surface area (Å²) in [5.41, 5.74) is 10.1. The third-order valence-electron chi connectivity index (χ3n) is 2.10. The van der Waals surface area contributed by atoms with E-state index < -0.39 is 30.0 Å². The first-order chi connectivity index (χ1) is 6.00. The van der Waals surface area contributed by atoms with Gasteiger partial charge in [0, 0.05) is 0 Å². The number of rotatable bonds is 2. The summed E-state index contributed by atoms with van der Waals surface area (Å²) >= 11 is 0. The lowest BCUT2D eigenvalue weighted by Crippen LogP contribution is -2.57. The minimum Gasteiger partial charge on any atom is -0.393 e. The molecule has 0 aromatic rings. The molecule has 1 rings (SSSR count). The second-order valence-electron chi connectivity index (χ2n) is 3.20. The monoisotopic (exact) mass is 187 g/mol. The van der Waals surface area contributed by atoms with Gasteiger partial charge in [-0.1, -0.05) is 0 Å². The van der Waals surface area contributed by atoms with E-state index in [2.05, 4.69) is 5.32 Å². The highest BCUT2D eigenvalue weighted by atomic mass is 16.3. The highest BCUT2D eigenvalue weighted by Gasteiger charge is 2.32. The van der Waals surface area contributed by atoms with Gasteiger partial charge in [0.2, 0.25) is 11.8 Å². The molecule has 1 aliphatic heterocycles. The fourth-order valence-electron chi connectivity index (χ4n) is 1.42. The zero-order valence-corrected chi connectivity index (χ0v) is 7.06. The van der Waals surface area contributed by atoms with Crippen LogP contribution in [0.2, 0.25) is 0 Å². The molecule has 0 radical (unpaired) electrons. The molecular weight excluding hydrogens is 174 g/mol. The highest BCUT2D eigenvalue weighted by Crippen LogP contribution is 2.13. The molecule has 2 unspecified atom stereocenters. The predicted molar refractivity (Wildman–Crippen MR) is 44.3 cm³/mol. The number of amides is 2. The number of carbonyl (C=O) groups is 2. The Morgan fingerprint density at radius 2 is 1.54 bits per heavy atom. The maximum atomic E-state index is 10.8. The van der Waals surface area contributed by atoms with Crippen LogP contribution < -0.4 is 16.8 Å². The number of aliphatic hydroxyl groups is 1. The number of nitrogens with two attached hydrogens (primary N) is 2. The molecule has 0 bridgehead atoms. The van der Waals surface area contributed by atoms with Crippen molar-refractivity contribution in [2.75, 3.05) is 0 Å². The van der Waals surface area contributed by atoms with E-state index in [0.717, 1.165) is 0 Å². The molecule has 1 saturated heterocycles. The maximum absolute atomic E-state index is 10.8. The molecule has 0 saturated carbocycles. The Labute approximate surface area is 75.3 Å². The van der Waals surface area contributed by atoms with Gasteiger partial charge in [-0.15, -0.1) is 0 Å². The second-order valence-corrected chi connectivity index (χ2v) is 3.20. The summed E-state index contributed by atoms with van der Waals surface area (Å²) in [5.74, 6) is -1.16.